The second-order valence-corrected chi connectivity index (χ2v) is 7.42. The van der Waals surface area contributed by atoms with E-state index >= 15 is 0 Å². The molecule has 0 spiro atoms. The minimum Gasteiger partial charge on any atom is -0.462 e. The summed E-state index contributed by atoms with van der Waals surface area (Å²) < 4.78 is 6.45. The number of aryl methyl sites for hydroxylation is 1. The van der Waals surface area contributed by atoms with E-state index in [-0.39, 0.29) is 34.6 Å². The molecule has 0 radical (unpaired) electrons. The van der Waals surface area contributed by atoms with Gasteiger partial charge in [-0.3, -0.25) is 19.5 Å². The first-order chi connectivity index (χ1) is 16.5. The molecule has 1 N–H and O–H groups in total. The van der Waals surface area contributed by atoms with Crippen LogP contribution in [0.4, 0.5) is 5.95 Å². The first-order valence-electron chi connectivity index (χ1n) is 10.9. The van der Waals surface area contributed by atoms with Crippen molar-refractivity contribution in [3.8, 4) is 5.69 Å². The number of fused-ring (bicyclic) bond motifs is 1. The number of carbonyl (C=O) groups excluding carboxylic acids is 2. The largest absolute Gasteiger partial charge is 0.462 e. The Hall–Kier alpha value is -4.40. The van der Waals surface area contributed by atoms with Crippen molar-refractivity contribution in [3.63, 3.8) is 0 Å². The van der Waals surface area contributed by atoms with E-state index < -0.39 is 11.9 Å². The van der Waals surface area contributed by atoms with Crippen LogP contribution in [-0.2, 0) is 11.2 Å². The molecule has 4 rings (SSSR count). The first-order valence-corrected chi connectivity index (χ1v) is 10.9. The zero-order chi connectivity index (χ0) is 24.1. The van der Waals surface area contributed by atoms with E-state index in [1.54, 1.807) is 29.7 Å². The van der Waals surface area contributed by atoms with Crippen LogP contribution in [0.5, 0.6) is 0 Å². The van der Waals surface area contributed by atoms with Gasteiger partial charge in [-0.05, 0) is 37.6 Å². The normalized spacial score (nSPS) is 10.8. The van der Waals surface area contributed by atoms with Crippen molar-refractivity contribution in [2.75, 3.05) is 11.9 Å². The third kappa shape index (κ3) is 4.54. The number of anilines is 1. The molecule has 172 valence electrons. The molecule has 9 heteroatoms. The molecule has 2 aromatic heterocycles. The van der Waals surface area contributed by atoms with Crippen molar-refractivity contribution in [1.29, 1.82) is 0 Å². The van der Waals surface area contributed by atoms with Gasteiger partial charge in [0.2, 0.25) is 5.95 Å². The number of nitrogens with zero attached hydrogens (tertiary/aromatic N) is 4. The van der Waals surface area contributed by atoms with Gasteiger partial charge in [0.15, 0.2) is 0 Å². The molecule has 0 aliphatic rings. The number of esters is 1. The van der Waals surface area contributed by atoms with Crippen molar-refractivity contribution in [1.82, 2.24) is 19.5 Å². The lowest BCUT2D eigenvalue weighted by Gasteiger charge is -2.14. The molecule has 0 aliphatic carbocycles. The lowest BCUT2D eigenvalue weighted by molar-refractivity contribution is 0.0525. The van der Waals surface area contributed by atoms with Crippen molar-refractivity contribution in [3.05, 3.63) is 88.2 Å². The van der Waals surface area contributed by atoms with Crippen molar-refractivity contribution in [2.24, 2.45) is 0 Å². The highest BCUT2D eigenvalue weighted by Crippen LogP contribution is 2.18. The molecule has 0 unspecified atom stereocenters. The SMILES string of the molecule is CCCc1nc2cccc(C(=O)Nc3ncc(C(=O)OCC)cn3)c2c(=O)n1-c1ccccc1. The number of carbonyl (C=O) groups is 2. The van der Waals surface area contributed by atoms with Crippen LogP contribution in [-0.4, -0.2) is 38.0 Å². The van der Waals surface area contributed by atoms with Gasteiger partial charge in [0.1, 0.15) is 5.82 Å². The van der Waals surface area contributed by atoms with Crippen LogP contribution in [0.3, 0.4) is 0 Å². The molecule has 2 heterocycles. The van der Waals surface area contributed by atoms with Gasteiger partial charge in [0.05, 0.1) is 34.3 Å². The fourth-order valence-electron chi connectivity index (χ4n) is 3.58. The van der Waals surface area contributed by atoms with E-state index in [0.29, 0.717) is 23.4 Å². The molecular weight excluding hydrogens is 434 g/mol. The first kappa shape index (κ1) is 22.8. The molecule has 0 fully saturated rings. The van der Waals surface area contributed by atoms with Gasteiger partial charge in [-0.1, -0.05) is 31.2 Å². The summed E-state index contributed by atoms with van der Waals surface area (Å²) in [5.74, 6) is -0.489. The molecule has 0 saturated carbocycles. The summed E-state index contributed by atoms with van der Waals surface area (Å²) in [5.41, 5.74) is 1.11. The van der Waals surface area contributed by atoms with Gasteiger partial charge in [-0.25, -0.2) is 19.7 Å². The third-order valence-electron chi connectivity index (χ3n) is 5.09. The van der Waals surface area contributed by atoms with Crippen molar-refractivity contribution in [2.45, 2.75) is 26.7 Å². The molecule has 0 aliphatic heterocycles. The van der Waals surface area contributed by atoms with E-state index in [1.807, 2.05) is 37.3 Å². The Morgan fingerprint density at radius 3 is 2.41 bits per heavy atom. The third-order valence-corrected chi connectivity index (χ3v) is 5.09. The highest BCUT2D eigenvalue weighted by Gasteiger charge is 2.19. The second kappa shape index (κ2) is 10.0. The number of hydrogen-bond donors (Lipinski definition) is 1. The predicted molar refractivity (Wildman–Crippen MR) is 127 cm³/mol. The summed E-state index contributed by atoms with van der Waals surface area (Å²) in [6.45, 7) is 3.94. The Morgan fingerprint density at radius 1 is 1.00 bits per heavy atom. The van der Waals surface area contributed by atoms with E-state index in [4.69, 9.17) is 9.72 Å². The van der Waals surface area contributed by atoms with Crippen LogP contribution in [0.2, 0.25) is 0 Å². The van der Waals surface area contributed by atoms with Gasteiger partial charge >= 0.3 is 5.97 Å². The number of amides is 1. The zero-order valence-corrected chi connectivity index (χ0v) is 18.8. The highest BCUT2D eigenvalue weighted by atomic mass is 16.5. The fourth-order valence-corrected chi connectivity index (χ4v) is 3.58. The van der Waals surface area contributed by atoms with Crippen LogP contribution in [0, 0.1) is 0 Å². The van der Waals surface area contributed by atoms with E-state index in [1.165, 1.54) is 12.4 Å². The van der Waals surface area contributed by atoms with Gasteiger partial charge in [0.25, 0.3) is 11.5 Å². The summed E-state index contributed by atoms with van der Waals surface area (Å²) in [4.78, 5) is 51.2. The van der Waals surface area contributed by atoms with Crippen molar-refractivity contribution >= 4 is 28.7 Å². The second-order valence-electron chi connectivity index (χ2n) is 7.42. The Bertz CT molecular complexity index is 1400. The Morgan fingerprint density at radius 2 is 1.74 bits per heavy atom. The zero-order valence-electron chi connectivity index (χ0n) is 18.8. The Labute approximate surface area is 195 Å². The molecule has 1 amide bonds. The lowest BCUT2D eigenvalue weighted by atomic mass is 10.1. The summed E-state index contributed by atoms with van der Waals surface area (Å²) in [6, 6.07) is 14.2. The van der Waals surface area contributed by atoms with Crippen molar-refractivity contribution < 1.29 is 14.3 Å². The maximum Gasteiger partial charge on any atom is 0.341 e. The predicted octanol–water partition coefficient (Wildman–Crippen LogP) is 3.56. The average molecular weight is 457 g/mol. The number of nitrogens with one attached hydrogen (secondary N) is 1. The molecule has 4 aromatic rings. The number of ether oxygens (including phenoxy) is 1. The van der Waals surface area contributed by atoms with E-state index in [2.05, 4.69) is 15.3 Å². The standard InChI is InChI=1S/C25H23N5O4/c1-3-9-20-28-19-13-8-12-18(21(19)23(32)30(20)17-10-6-5-7-11-17)22(31)29-25-26-14-16(15-27-25)24(33)34-4-2/h5-8,10-15H,3-4,9H2,1-2H3,(H,26,27,29,31). The molecule has 9 nitrogen and oxygen atoms in total. The molecule has 0 bridgehead atoms. The number of aromatic nitrogens is 4. The monoisotopic (exact) mass is 457 g/mol. The Kier molecular flexibility index (Phi) is 6.72. The van der Waals surface area contributed by atoms with Crippen LogP contribution < -0.4 is 10.9 Å². The van der Waals surface area contributed by atoms with Crippen LogP contribution in [0.15, 0.2) is 65.7 Å². The maximum atomic E-state index is 13.6. The van der Waals surface area contributed by atoms with E-state index in [0.717, 1.165) is 6.42 Å². The summed E-state index contributed by atoms with van der Waals surface area (Å²) in [7, 11) is 0. The highest BCUT2D eigenvalue weighted by molar-refractivity contribution is 6.11. The summed E-state index contributed by atoms with van der Waals surface area (Å²) >= 11 is 0. The number of para-hydroxylation sites is 1. The van der Waals surface area contributed by atoms with Gasteiger partial charge in [0, 0.05) is 18.8 Å². The molecular formula is C25H23N5O4. The molecule has 34 heavy (non-hydrogen) atoms. The Balaban J connectivity index is 1.75. The summed E-state index contributed by atoms with van der Waals surface area (Å²) in [6.07, 6.45) is 3.95. The minimum atomic E-state index is -0.559. The number of rotatable bonds is 7. The summed E-state index contributed by atoms with van der Waals surface area (Å²) in [5, 5.41) is 2.79. The lowest BCUT2D eigenvalue weighted by Crippen LogP contribution is -2.26. The van der Waals surface area contributed by atoms with Crippen LogP contribution in [0.25, 0.3) is 16.6 Å². The smallest absolute Gasteiger partial charge is 0.341 e. The van der Waals surface area contributed by atoms with E-state index in [9.17, 15) is 14.4 Å². The van der Waals surface area contributed by atoms with Gasteiger partial charge in [-0.2, -0.15) is 0 Å². The number of benzene rings is 2. The molecule has 0 saturated heterocycles. The molecule has 0 atom stereocenters. The average Bonchev–Trinajstić information content (AvgIpc) is 2.85. The molecule has 2 aromatic carbocycles. The number of hydrogen-bond acceptors (Lipinski definition) is 7. The quantitative estimate of drug-likeness (QED) is 0.422. The fraction of sp³-hybridized carbons (Fsp3) is 0.200. The van der Waals surface area contributed by atoms with Gasteiger partial charge < -0.3 is 4.74 Å². The van der Waals surface area contributed by atoms with Gasteiger partial charge in [-0.15, -0.1) is 0 Å². The van der Waals surface area contributed by atoms with Crippen LogP contribution >= 0.6 is 0 Å². The minimum absolute atomic E-state index is 0.00556. The maximum absolute atomic E-state index is 13.6. The topological polar surface area (TPSA) is 116 Å². The van der Waals surface area contributed by atoms with Crippen LogP contribution in [0.1, 0.15) is 46.8 Å².